The monoisotopic (exact) mass is 364 g/mol. The number of carbonyl (C=O) groups is 3. The number of carbonyl (C=O) groups excluding carboxylic acids is 2. The number of carboxylic acid groups (broad SMARTS) is 1. The number of amides is 1. The molecule has 3 N–H and O–H groups in total. The first-order valence-corrected chi connectivity index (χ1v) is 8.05. The molecular formula is C20H16N2O5. The number of Topliss-reactive ketones (excluding diaryl/α,β-unsaturated/α-hetero) is 1. The van der Waals surface area contributed by atoms with Gasteiger partial charge in [0, 0.05) is 18.3 Å². The maximum Gasteiger partial charge on any atom is 0.345 e. The van der Waals surface area contributed by atoms with Crippen LogP contribution >= 0.6 is 0 Å². The largest absolute Gasteiger partial charge is 0.477 e. The fourth-order valence-corrected chi connectivity index (χ4v) is 2.48. The summed E-state index contributed by atoms with van der Waals surface area (Å²) in [6.45, 7) is 1.40. The minimum absolute atomic E-state index is 0.0990. The third-order valence-corrected chi connectivity index (χ3v) is 3.66. The van der Waals surface area contributed by atoms with Crippen molar-refractivity contribution in [1.82, 2.24) is 0 Å². The van der Waals surface area contributed by atoms with E-state index in [0.29, 0.717) is 16.9 Å². The Hall–Kier alpha value is -3.87. The molecule has 1 aliphatic rings. The average molecular weight is 364 g/mol. The second-order valence-electron chi connectivity index (χ2n) is 5.74. The number of anilines is 2. The number of rotatable bonds is 5. The Bertz CT molecular complexity index is 960. The van der Waals surface area contributed by atoms with Gasteiger partial charge in [0.1, 0.15) is 0 Å². The van der Waals surface area contributed by atoms with E-state index in [4.69, 9.17) is 4.74 Å². The number of benzene rings is 2. The number of allylic oxidation sites excluding steroid dienone is 1. The fourth-order valence-electron chi connectivity index (χ4n) is 2.48. The van der Waals surface area contributed by atoms with Gasteiger partial charge in [-0.2, -0.15) is 0 Å². The molecule has 0 saturated carbocycles. The van der Waals surface area contributed by atoms with Crippen molar-refractivity contribution < 1.29 is 24.2 Å². The maximum atomic E-state index is 12.4. The zero-order valence-corrected chi connectivity index (χ0v) is 14.4. The van der Waals surface area contributed by atoms with Crippen molar-refractivity contribution >= 4 is 35.1 Å². The molecule has 1 heterocycles. The molecule has 7 heteroatoms. The lowest BCUT2D eigenvalue weighted by Crippen LogP contribution is -2.12. The van der Waals surface area contributed by atoms with Crippen molar-refractivity contribution in [3.05, 3.63) is 77.4 Å². The Morgan fingerprint density at radius 1 is 1.00 bits per heavy atom. The highest BCUT2D eigenvalue weighted by atomic mass is 16.5. The van der Waals surface area contributed by atoms with Crippen LogP contribution in [0.15, 0.2) is 71.8 Å². The molecule has 0 aliphatic carbocycles. The van der Waals surface area contributed by atoms with E-state index in [2.05, 4.69) is 10.6 Å². The molecule has 3 rings (SSSR count). The van der Waals surface area contributed by atoms with E-state index in [-0.39, 0.29) is 17.5 Å². The predicted molar refractivity (Wildman–Crippen MR) is 99.5 cm³/mol. The maximum absolute atomic E-state index is 12.4. The van der Waals surface area contributed by atoms with Gasteiger partial charge in [0.25, 0.3) is 0 Å². The van der Waals surface area contributed by atoms with Gasteiger partial charge < -0.3 is 20.5 Å². The molecule has 2 aromatic rings. The molecule has 27 heavy (non-hydrogen) atoms. The standard InChI is InChI=1S/C20H16N2O5/c1-12(23)21-15-9-7-13(8-10-15)11-16-18(24)17(20(25)26)19(27-16)22-14-5-3-2-4-6-14/h2-11,22H,1H3,(H,21,23)(H,25,26)/b16-11-. The highest BCUT2D eigenvalue weighted by Gasteiger charge is 2.35. The van der Waals surface area contributed by atoms with Gasteiger partial charge in [-0.05, 0) is 35.9 Å². The second-order valence-corrected chi connectivity index (χ2v) is 5.74. The zero-order chi connectivity index (χ0) is 19.4. The van der Waals surface area contributed by atoms with E-state index in [9.17, 15) is 19.5 Å². The molecule has 0 atom stereocenters. The first-order chi connectivity index (χ1) is 12.9. The molecule has 0 spiro atoms. The van der Waals surface area contributed by atoms with E-state index in [1.807, 2.05) is 6.07 Å². The van der Waals surface area contributed by atoms with Gasteiger partial charge in [0.2, 0.25) is 17.6 Å². The Labute approximate surface area is 155 Å². The first kappa shape index (κ1) is 17.9. The number of hydrogen-bond donors (Lipinski definition) is 3. The van der Waals surface area contributed by atoms with E-state index >= 15 is 0 Å². The summed E-state index contributed by atoms with van der Waals surface area (Å²) in [4.78, 5) is 35.0. The van der Waals surface area contributed by atoms with E-state index in [0.717, 1.165) is 0 Å². The normalized spacial score (nSPS) is 14.9. The van der Waals surface area contributed by atoms with Crippen LogP contribution in [0.5, 0.6) is 0 Å². The highest BCUT2D eigenvalue weighted by molar-refractivity contribution is 6.26. The molecule has 1 amide bonds. The molecule has 0 unspecified atom stereocenters. The van der Waals surface area contributed by atoms with Crippen LogP contribution in [-0.2, 0) is 19.1 Å². The van der Waals surface area contributed by atoms with Crippen molar-refractivity contribution in [2.24, 2.45) is 0 Å². The summed E-state index contributed by atoms with van der Waals surface area (Å²) in [6.07, 6.45) is 1.45. The van der Waals surface area contributed by atoms with Crippen LogP contribution in [0.25, 0.3) is 6.08 Å². The van der Waals surface area contributed by atoms with Crippen LogP contribution < -0.4 is 10.6 Å². The molecule has 0 saturated heterocycles. The lowest BCUT2D eigenvalue weighted by molar-refractivity contribution is -0.134. The van der Waals surface area contributed by atoms with Gasteiger partial charge in [-0.15, -0.1) is 0 Å². The topological polar surface area (TPSA) is 105 Å². The van der Waals surface area contributed by atoms with Gasteiger partial charge in [0.15, 0.2) is 11.3 Å². The van der Waals surface area contributed by atoms with Gasteiger partial charge >= 0.3 is 5.97 Å². The number of aliphatic carboxylic acids is 1. The van der Waals surface area contributed by atoms with Crippen LogP contribution in [0.3, 0.4) is 0 Å². The minimum atomic E-state index is -1.37. The van der Waals surface area contributed by atoms with Crippen LogP contribution in [-0.4, -0.2) is 22.8 Å². The summed E-state index contributed by atoms with van der Waals surface area (Å²) in [6, 6.07) is 15.5. The van der Waals surface area contributed by atoms with Crippen molar-refractivity contribution in [3.8, 4) is 0 Å². The summed E-state index contributed by atoms with van der Waals surface area (Å²) in [5.74, 6) is -2.50. The van der Waals surface area contributed by atoms with E-state index in [1.54, 1.807) is 48.5 Å². The number of para-hydroxylation sites is 1. The summed E-state index contributed by atoms with van der Waals surface area (Å²) in [5.41, 5.74) is 1.37. The summed E-state index contributed by atoms with van der Waals surface area (Å²) < 4.78 is 5.48. The molecule has 0 fully saturated rings. The molecule has 2 aromatic carbocycles. The van der Waals surface area contributed by atoms with Crippen LogP contribution in [0, 0.1) is 0 Å². The number of ketones is 1. The third kappa shape index (κ3) is 4.21. The summed E-state index contributed by atoms with van der Waals surface area (Å²) >= 11 is 0. The molecule has 136 valence electrons. The van der Waals surface area contributed by atoms with Crippen molar-refractivity contribution in [3.63, 3.8) is 0 Å². The molecule has 1 aliphatic heterocycles. The number of ether oxygens (including phenoxy) is 1. The Morgan fingerprint density at radius 2 is 1.67 bits per heavy atom. The lowest BCUT2D eigenvalue weighted by Gasteiger charge is -2.07. The average Bonchev–Trinajstić information content (AvgIpc) is 2.92. The first-order valence-electron chi connectivity index (χ1n) is 8.05. The van der Waals surface area contributed by atoms with E-state index < -0.39 is 17.3 Å². The van der Waals surface area contributed by atoms with Gasteiger partial charge in [-0.1, -0.05) is 30.3 Å². The van der Waals surface area contributed by atoms with Gasteiger partial charge in [-0.25, -0.2) is 4.79 Å². The molecular weight excluding hydrogens is 348 g/mol. The molecule has 0 bridgehead atoms. The van der Waals surface area contributed by atoms with Crippen molar-refractivity contribution in [1.29, 1.82) is 0 Å². The summed E-state index contributed by atoms with van der Waals surface area (Å²) in [5, 5.41) is 14.8. The van der Waals surface area contributed by atoms with Crippen LogP contribution in [0.4, 0.5) is 11.4 Å². The summed E-state index contributed by atoms with van der Waals surface area (Å²) in [7, 11) is 0. The molecule has 7 nitrogen and oxygen atoms in total. The third-order valence-electron chi connectivity index (χ3n) is 3.66. The smallest absolute Gasteiger partial charge is 0.345 e. The van der Waals surface area contributed by atoms with Crippen molar-refractivity contribution in [2.75, 3.05) is 10.6 Å². The number of hydrogen-bond acceptors (Lipinski definition) is 5. The fraction of sp³-hybridized carbons (Fsp3) is 0.0500. The van der Waals surface area contributed by atoms with Crippen LogP contribution in [0.1, 0.15) is 12.5 Å². The predicted octanol–water partition coefficient (Wildman–Crippen LogP) is 2.99. The SMILES string of the molecule is CC(=O)Nc1ccc(/C=C2\OC(Nc3ccccc3)=C(C(=O)O)C2=O)cc1. The molecule has 0 aromatic heterocycles. The Balaban J connectivity index is 1.84. The Kier molecular flexibility index (Phi) is 5.03. The zero-order valence-electron chi connectivity index (χ0n) is 14.4. The second kappa shape index (κ2) is 7.57. The van der Waals surface area contributed by atoms with Crippen LogP contribution in [0.2, 0.25) is 0 Å². The number of nitrogens with one attached hydrogen (secondary N) is 2. The minimum Gasteiger partial charge on any atom is -0.477 e. The van der Waals surface area contributed by atoms with E-state index in [1.165, 1.54) is 13.0 Å². The van der Waals surface area contributed by atoms with Gasteiger partial charge in [0.05, 0.1) is 0 Å². The Morgan fingerprint density at radius 3 is 2.26 bits per heavy atom. The highest BCUT2D eigenvalue weighted by Crippen LogP contribution is 2.28. The number of carboxylic acids is 1. The quantitative estimate of drug-likeness (QED) is 0.556. The lowest BCUT2D eigenvalue weighted by atomic mass is 10.1. The van der Waals surface area contributed by atoms with Crippen molar-refractivity contribution in [2.45, 2.75) is 6.92 Å². The molecule has 0 radical (unpaired) electrons. The van der Waals surface area contributed by atoms with Gasteiger partial charge in [-0.3, -0.25) is 9.59 Å².